The normalized spacial score (nSPS) is 14.7. The van der Waals surface area contributed by atoms with E-state index in [0.29, 0.717) is 6.07 Å². The molecular formula is C15H15F6NO3. The number of carbonyl (C=O) groups is 2. The number of hydrogen-bond acceptors (Lipinski definition) is 2. The number of nitrogens with one attached hydrogen (secondary N) is 1. The van der Waals surface area contributed by atoms with Crippen molar-refractivity contribution < 1.29 is 41.0 Å². The summed E-state index contributed by atoms with van der Waals surface area (Å²) in [5.74, 6) is -4.18. The van der Waals surface area contributed by atoms with Gasteiger partial charge in [0.2, 0.25) is 5.91 Å². The van der Waals surface area contributed by atoms with E-state index in [1.54, 1.807) is 5.32 Å². The highest BCUT2D eigenvalue weighted by Crippen LogP contribution is 2.32. The smallest absolute Gasteiger partial charge is 0.416 e. The maximum absolute atomic E-state index is 12.7. The Hall–Kier alpha value is -2.26. The van der Waals surface area contributed by atoms with Gasteiger partial charge in [-0.1, -0.05) is 25.1 Å². The fourth-order valence-electron chi connectivity index (χ4n) is 2.21. The third kappa shape index (κ3) is 6.28. The zero-order valence-electron chi connectivity index (χ0n) is 12.9. The maximum atomic E-state index is 12.7. The molecule has 1 rings (SSSR count). The van der Waals surface area contributed by atoms with Gasteiger partial charge in [-0.15, -0.1) is 0 Å². The van der Waals surface area contributed by atoms with E-state index in [1.807, 2.05) is 0 Å². The Labute approximate surface area is 138 Å². The van der Waals surface area contributed by atoms with Gasteiger partial charge < -0.3 is 10.4 Å². The molecule has 0 aliphatic rings. The fourth-order valence-corrected chi connectivity index (χ4v) is 2.21. The number of benzene rings is 1. The van der Waals surface area contributed by atoms with Gasteiger partial charge in [-0.3, -0.25) is 4.79 Å². The minimum Gasteiger partial charge on any atom is -0.480 e. The zero-order chi connectivity index (χ0) is 19.4. The van der Waals surface area contributed by atoms with E-state index in [4.69, 9.17) is 5.11 Å². The van der Waals surface area contributed by atoms with Crippen molar-refractivity contribution in [3.05, 3.63) is 35.4 Å². The molecular weight excluding hydrogens is 356 g/mol. The second-order valence-corrected chi connectivity index (χ2v) is 5.30. The Morgan fingerprint density at radius 2 is 1.76 bits per heavy atom. The van der Waals surface area contributed by atoms with E-state index >= 15 is 0 Å². The first-order valence-electron chi connectivity index (χ1n) is 7.12. The van der Waals surface area contributed by atoms with Crippen LogP contribution >= 0.6 is 0 Å². The first-order valence-corrected chi connectivity index (χ1v) is 7.12. The molecule has 2 N–H and O–H groups in total. The molecule has 10 heteroatoms. The molecule has 0 saturated carbocycles. The number of carbonyl (C=O) groups excluding carboxylic acids is 1. The maximum Gasteiger partial charge on any atom is 0.416 e. The summed E-state index contributed by atoms with van der Waals surface area (Å²) < 4.78 is 75.3. The highest BCUT2D eigenvalue weighted by atomic mass is 19.4. The van der Waals surface area contributed by atoms with E-state index in [2.05, 4.69) is 0 Å². The molecule has 0 spiro atoms. The van der Waals surface area contributed by atoms with Gasteiger partial charge in [-0.2, -0.15) is 26.3 Å². The second kappa shape index (κ2) is 7.75. The average molecular weight is 371 g/mol. The molecule has 0 aromatic heterocycles. The van der Waals surface area contributed by atoms with Gasteiger partial charge in [-0.05, 0) is 18.1 Å². The van der Waals surface area contributed by atoms with Gasteiger partial charge in [-0.25, -0.2) is 4.79 Å². The molecule has 0 aliphatic carbocycles. The van der Waals surface area contributed by atoms with Crippen molar-refractivity contribution in [2.24, 2.45) is 0 Å². The van der Waals surface area contributed by atoms with Gasteiger partial charge in [0.15, 0.2) is 0 Å². The van der Waals surface area contributed by atoms with Gasteiger partial charge in [0.1, 0.15) is 6.04 Å². The minimum absolute atomic E-state index is 0.0223. The van der Waals surface area contributed by atoms with Crippen LogP contribution in [0.25, 0.3) is 0 Å². The molecule has 25 heavy (non-hydrogen) atoms. The van der Waals surface area contributed by atoms with E-state index < -0.39 is 48.2 Å². The molecule has 0 saturated heterocycles. The second-order valence-electron chi connectivity index (χ2n) is 5.30. The summed E-state index contributed by atoms with van der Waals surface area (Å²) in [6.07, 6.45) is -11.3. The molecule has 140 valence electrons. The van der Waals surface area contributed by atoms with Crippen LogP contribution in [-0.2, 0) is 15.8 Å². The van der Waals surface area contributed by atoms with Crippen molar-refractivity contribution in [3.63, 3.8) is 0 Å². The SMILES string of the molecule is CCC(C(=O)NC(CC(F)(F)F)C(=O)O)c1cccc(C(F)(F)F)c1. The molecule has 0 fully saturated rings. The first kappa shape index (κ1) is 20.8. The van der Waals surface area contributed by atoms with E-state index in [9.17, 15) is 35.9 Å². The van der Waals surface area contributed by atoms with Crippen LogP contribution in [0.1, 0.15) is 36.8 Å². The standard InChI is InChI=1S/C15H15F6NO3/c1-2-10(8-4-3-5-9(6-8)15(19,20)21)12(23)22-11(13(24)25)7-14(16,17)18/h3-6,10-11H,2,7H2,1H3,(H,22,23)(H,24,25). The van der Waals surface area contributed by atoms with Crippen LogP contribution < -0.4 is 5.32 Å². The third-order valence-corrected chi connectivity index (χ3v) is 3.39. The molecule has 1 amide bonds. The molecule has 1 aromatic rings. The van der Waals surface area contributed by atoms with Crippen LogP contribution in [0, 0.1) is 0 Å². The van der Waals surface area contributed by atoms with Crippen molar-refractivity contribution in [1.82, 2.24) is 5.32 Å². The lowest BCUT2D eigenvalue weighted by atomic mass is 9.93. The summed E-state index contributed by atoms with van der Waals surface area (Å²) in [4.78, 5) is 23.0. The lowest BCUT2D eigenvalue weighted by Gasteiger charge is -2.21. The largest absolute Gasteiger partial charge is 0.480 e. The van der Waals surface area contributed by atoms with Crippen LogP contribution in [-0.4, -0.2) is 29.2 Å². The van der Waals surface area contributed by atoms with Gasteiger partial charge in [0.05, 0.1) is 17.9 Å². The average Bonchev–Trinajstić information content (AvgIpc) is 2.45. The summed E-state index contributed by atoms with van der Waals surface area (Å²) in [7, 11) is 0. The predicted octanol–water partition coefficient (Wildman–Crippen LogP) is 3.72. The Kier molecular flexibility index (Phi) is 6.44. The highest BCUT2D eigenvalue weighted by Gasteiger charge is 2.37. The Morgan fingerprint density at radius 3 is 2.20 bits per heavy atom. The van der Waals surface area contributed by atoms with Crippen molar-refractivity contribution in [3.8, 4) is 0 Å². The minimum atomic E-state index is -4.83. The molecule has 0 bridgehead atoms. The number of amides is 1. The van der Waals surface area contributed by atoms with Crippen LogP contribution in [0.5, 0.6) is 0 Å². The number of rotatable bonds is 6. The van der Waals surface area contributed by atoms with Gasteiger partial charge in [0.25, 0.3) is 0 Å². The molecule has 0 heterocycles. The van der Waals surface area contributed by atoms with Crippen molar-refractivity contribution in [2.75, 3.05) is 0 Å². The van der Waals surface area contributed by atoms with Crippen LogP contribution in [0.4, 0.5) is 26.3 Å². The number of hydrogen-bond donors (Lipinski definition) is 2. The van der Waals surface area contributed by atoms with E-state index in [-0.39, 0.29) is 12.0 Å². The first-order chi connectivity index (χ1) is 11.3. The molecule has 0 radical (unpaired) electrons. The lowest BCUT2D eigenvalue weighted by Crippen LogP contribution is -2.45. The number of aliphatic carboxylic acids is 1. The molecule has 0 aliphatic heterocycles. The predicted molar refractivity (Wildman–Crippen MR) is 74.7 cm³/mol. The molecule has 1 aromatic carbocycles. The van der Waals surface area contributed by atoms with Gasteiger partial charge in [0, 0.05) is 0 Å². The Bertz CT molecular complexity index is 626. The van der Waals surface area contributed by atoms with E-state index in [1.165, 1.54) is 13.0 Å². The molecule has 4 nitrogen and oxygen atoms in total. The number of carboxylic acid groups (broad SMARTS) is 1. The topological polar surface area (TPSA) is 66.4 Å². The van der Waals surface area contributed by atoms with Crippen LogP contribution in [0.2, 0.25) is 0 Å². The summed E-state index contributed by atoms with van der Waals surface area (Å²) in [5, 5.41) is 10.5. The fraction of sp³-hybridized carbons (Fsp3) is 0.467. The Morgan fingerprint density at radius 1 is 1.16 bits per heavy atom. The van der Waals surface area contributed by atoms with Crippen molar-refractivity contribution in [2.45, 2.75) is 44.1 Å². The summed E-state index contributed by atoms with van der Waals surface area (Å²) in [6, 6.07) is 1.58. The van der Waals surface area contributed by atoms with Crippen LogP contribution in [0.15, 0.2) is 24.3 Å². The highest BCUT2D eigenvalue weighted by molar-refractivity contribution is 5.88. The van der Waals surface area contributed by atoms with E-state index in [0.717, 1.165) is 12.1 Å². The van der Waals surface area contributed by atoms with Crippen LogP contribution in [0.3, 0.4) is 0 Å². The zero-order valence-corrected chi connectivity index (χ0v) is 12.9. The van der Waals surface area contributed by atoms with Crippen molar-refractivity contribution >= 4 is 11.9 Å². The summed E-state index contributed by atoms with van der Waals surface area (Å²) >= 11 is 0. The number of alkyl halides is 6. The van der Waals surface area contributed by atoms with Crippen molar-refractivity contribution in [1.29, 1.82) is 0 Å². The monoisotopic (exact) mass is 371 g/mol. The molecule has 2 unspecified atom stereocenters. The Balaban J connectivity index is 3.02. The summed E-state index contributed by atoms with van der Waals surface area (Å²) in [5.41, 5.74) is -1.08. The number of carboxylic acids is 1. The molecule has 2 atom stereocenters. The summed E-state index contributed by atoms with van der Waals surface area (Å²) in [6.45, 7) is 1.45. The quantitative estimate of drug-likeness (QED) is 0.749. The third-order valence-electron chi connectivity index (χ3n) is 3.39. The lowest BCUT2D eigenvalue weighted by molar-refractivity contribution is -0.160. The van der Waals surface area contributed by atoms with Gasteiger partial charge >= 0.3 is 18.3 Å². The number of halogens is 6.